The number of nitrogens with one attached hydrogen (secondary N) is 1. The molecule has 0 bridgehead atoms. The highest BCUT2D eigenvalue weighted by atomic mass is 16.5. The fourth-order valence-corrected chi connectivity index (χ4v) is 2.75. The monoisotopic (exact) mass is 411 g/mol. The molecular formula is C22H25N3O5. The van der Waals surface area contributed by atoms with E-state index in [1.54, 1.807) is 18.2 Å². The summed E-state index contributed by atoms with van der Waals surface area (Å²) in [6, 6.07) is 12.5. The van der Waals surface area contributed by atoms with Gasteiger partial charge >= 0.3 is 5.97 Å². The van der Waals surface area contributed by atoms with Crippen LogP contribution >= 0.6 is 0 Å². The van der Waals surface area contributed by atoms with Gasteiger partial charge in [-0.25, -0.2) is 4.79 Å². The Morgan fingerprint density at radius 2 is 1.93 bits per heavy atom. The van der Waals surface area contributed by atoms with Crippen molar-refractivity contribution >= 4 is 11.7 Å². The maximum absolute atomic E-state index is 11.9. The van der Waals surface area contributed by atoms with Crippen molar-refractivity contribution in [2.24, 2.45) is 0 Å². The molecule has 30 heavy (non-hydrogen) atoms. The highest BCUT2D eigenvalue weighted by molar-refractivity contribution is 5.91. The average molecular weight is 411 g/mol. The van der Waals surface area contributed by atoms with Crippen molar-refractivity contribution in [2.45, 2.75) is 33.4 Å². The molecule has 0 aliphatic carbocycles. The van der Waals surface area contributed by atoms with Crippen LogP contribution in [0.4, 0.5) is 5.69 Å². The summed E-state index contributed by atoms with van der Waals surface area (Å²) in [4.78, 5) is 16.3. The molecule has 1 N–H and O–H groups in total. The molecule has 0 fully saturated rings. The number of esters is 1. The summed E-state index contributed by atoms with van der Waals surface area (Å²) >= 11 is 0. The molecule has 0 radical (unpaired) electrons. The minimum Gasteiger partial charge on any atom is -0.494 e. The van der Waals surface area contributed by atoms with Gasteiger partial charge < -0.3 is 24.1 Å². The van der Waals surface area contributed by atoms with E-state index in [-0.39, 0.29) is 12.6 Å². The number of carbonyl (C=O) groups is 1. The molecule has 0 saturated heterocycles. The maximum atomic E-state index is 11.9. The van der Waals surface area contributed by atoms with Gasteiger partial charge in [-0.2, -0.15) is 4.98 Å². The maximum Gasteiger partial charge on any atom is 0.337 e. The van der Waals surface area contributed by atoms with Crippen molar-refractivity contribution in [1.82, 2.24) is 10.1 Å². The van der Waals surface area contributed by atoms with E-state index in [0.29, 0.717) is 35.3 Å². The predicted octanol–water partition coefficient (Wildman–Crippen LogP) is 4.32. The normalized spacial score (nSPS) is 10.7. The second-order valence-corrected chi connectivity index (χ2v) is 6.69. The third-order valence-electron chi connectivity index (χ3n) is 4.09. The van der Waals surface area contributed by atoms with Crippen molar-refractivity contribution in [3.05, 3.63) is 53.9 Å². The third-order valence-corrected chi connectivity index (χ3v) is 4.09. The Morgan fingerprint density at radius 1 is 1.17 bits per heavy atom. The molecule has 158 valence electrons. The lowest BCUT2D eigenvalue weighted by Crippen LogP contribution is -2.10. The second kappa shape index (κ2) is 9.78. The first-order chi connectivity index (χ1) is 14.5. The van der Waals surface area contributed by atoms with Gasteiger partial charge in [-0.1, -0.05) is 5.16 Å². The number of benzene rings is 2. The topological polar surface area (TPSA) is 95.7 Å². The Labute approximate surface area is 175 Å². The van der Waals surface area contributed by atoms with Crippen LogP contribution in [0.1, 0.15) is 37.0 Å². The van der Waals surface area contributed by atoms with Gasteiger partial charge in [0.1, 0.15) is 11.5 Å². The van der Waals surface area contributed by atoms with Gasteiger partial charge in [0.25, 0.3) is 0 Å². The van der Waals surface area contributed by atoms with E-state index in [4.69, 9.17) is 18.7 Å². The van der Waals surface area contributed by atoms with E-state index < -0.39 is 5.97 Å². The van der Waals surface area contributed by atoms with Crippen LogP contribution in [0.3, 0.4) is 0 Å². The molecule has 8 heteroatoms. The summed E-state index contributed by atoms with van der Waals surface area (Å²) in [7, 11) is 1.34. The van der Waals surface area contributed by atoms with Crippen molar-refractivity contribution in [2.75, 3.05) is 19.0 Å². The van der Waals surface area contributed by atoms with Crippen LogP contribution in [-0.4, -0.2) is 35.9 Å². The summed E-state index contributed by atoms with van der Waals surface area (Å²) in [6.07, 6.45) is -0.0239. The molecule has 2 aromatic carbocycles. The smallest absolute Gasteiger partial charge is 0.337 e. The minimum atomic E-state index is -0.426. The quantitative estimate of drug-likeness (QED) is 0.520. The first-order valence-electron chi connectivity index (χ1n) is 9.68. The van der Waals surface area contributed by atoms with Crippen LogP contribution in [0.25, 0.3) is 11.4 Å². The van der Waals surface area contributed by atoms with E-state index in [9.17, 15) is 4.79 Å². The second-order valence-electron chi connectivity index (χ2n) is 6.69. The Morgan fingerprint density at radius 3 is 2.60 bits per heavy atom. The zero-order valence-corrected chi connectivity index (χ0v) is 17.5. The molecule has 0 unspecified atom stereocenters. The lowest BCUT2D eigenvalue weighted by molar-refractivity contribution is 0.0600. The first kappa shape index (κ1) is 21.2. The number of aromatic nitrogens is 2. The molecule has 8 nitrogen and oxygen atoms in total. The van der Waals surface area contributed by atoms with E-state index in [0.717, 1.165) is 11.3 Å². The van der Waals surface area contributed by atoms with Gasteiger partial charge in [0.15, 0.2) is 0 Å². The summed E-state index contributed by atoms with van der Waals surface area (Å²) in [5.41, 5.74) is 1.87. The number of hydrogen-bond donors (Lipinski definition) is 1. The molecule has 3 aromatic rings. The molecule has 1 aromatic heterocycles. The highest BCUT2D eigenvalue weighted by Gasteiger charge is 2.14. The number of anilines is 1. The van der Waals surface area contributed by atoms with Crippen molar-refractivity contribution in [3.8, 4) is 22.9 Å². The molecule has 0 aliphatic rings. The van der Waals surface area contributed by atoms with Gasteiger partial charge in [0, 0.05) is 5.56 Å². The molecule has 0 aliphatic heterocycles. The van der Waals surface area contributed by atoms with E-state index >= 15 is 0 Å². The Balaban J connectivity index is 1.74. The third kappa shape index (κ3) is 5.28. The lowest BCUT2D eigenvalue weighted by atomic mass is 10.2. The van der Waals surface area contributed by atoms with Gasteiger partial charge in [-0.15, -0.1) is 0 Å². The number of ether oxygens (including phenoxy) is 3. The highest BCUT2D eigenvalue weighted by Crippen LogP contribution is 2.28. The molecular weight excluding hydrogens is 386 g/mol. The summed E-state index contributed by atoms with van der Waals surface area (Å²) in [6.45, 7) is 6.67. The van der Waals surface area contributed by atoms with Gasteiger partial charge in [0.2, 0.25) is 11.7 Å². The van der Waals surface area contributed by atoms with Crippen LogP contribution in [-0.2, 0) is 11.3 Å². The van der Waals surface area contributed by atoms with Crippen LogP contribution in [0.5, 0.6) is 11.5 Å². The Kier molecular flexibility index (Phi) is 6.90. The first-order valence-corrected chi connectivity index (χ1v) is 9.68. The van der Waals surface area contributed by atoms with Crippen molar-refractivity contribution in [1.29, 1.82) is 0 Å². The van der Waals surface area contributed by atoms with Crippen LogP contribution in [0, 0.1) is 0 Å². The van der Waals surface area contributed by atoms with Crippen LogP contribution < -0.4 is 14.8 Å². The van der Waals surface area contributed by atoms with Gasteiger partial charge in [-0.05, 0) is 63.2 Å². The molecule has 0 saturated carbocycles. The Bertz CT molecular complexity index is 983. The molecule has 3 rings (SSSR count). The van der Waals surface area contributed by atoms with E-state index in [1.807, 2.05) is 45.0 Å². The standard InChI is InChI=1S/C22H25N3O5/c1-5-28-17-9-6-15(7-10-17)21-24-20(30-25-21)13-23-18-12-16(22(26)27-4)8-11-19(18)29-14(2)3/h6-12,14,23H,5,13H2,1-4H3. The summed E-state index contributed by atoms with van der Waals surface area (Å²) in [5, 5.41) is 7.23. The van der Waals surface area contributed by atoms with Gasteiger partial charge in [0.05, 0.1) is 37.6 Å². The van der Waals surface area contributed by atoms with Crippen LogP contribution in [0.2, 0.25) is 0 Å². The largest absolute Gasteiger partial charge is 0.494 e. The predicted molar refractivity (Wildman–Crippen MR) is 112 cm³/mol. The molecule has 0 spiro atoms. The lowest BCUT2D eigenvalue weighted by Gasteiger charge is -2.15. The Hall–Kier alpha value is -3.55. The molecule has 0 atom stereocenters. The van der Waals surface area contributed by atoms with E-state index in [1.165, 1.54) is 7.11 Å². The number of nitrogens with zero attached hydrogens (tertiary/aromatic N) is 2. The summed E-state index contributed by atoms with van der Waals surface area (Å²) in [5.74, 6) is 1.86. The minimum absolute atomic E-state index is 0.0239. The zero-order chi connectivity index (χ0) is 21.5. The molecule has 0 amide bonds. The van der Waals surface area contributed by atoms with Crippen LogP contribution in [0.15, 0.2) is 47.0 Å². The SMILES string of the molecule is CCOc1ccc(-c2noc(CNc3cc(C(=O)OC)ccc3OC(C)C)n2)cc1. The number of rotatable bonds is 9. The number of hydrogen-bond acceptors (Lipinski definition) is 8. The number of carbonyl (C=O) groups excluding carboxylic acids is 1. The van der Waals surface area contributed by atoms with E-state index in [2.05, 4.69) is 15.5 Å². The fraction of sp³-hybridized carbons (Fsp3) is 0.318. The molecule has 1 heterocycles. The fourth-order valence-electron chi connectivity index (χ4n) is 2.75. The number of methoxy groups -OCH3 is 1. The average Bonchev–Trinajstić information content (AvgIpc) is 3.22. The zero-order valence-electron chi connectivity index (χ0n) is 17.5. The van der Waals surface area contributed by atoms with Crippen molar-refractivity contribution in [3.63, 3.8) is 0 Å². The van der Waals surface area contributed by atoms with Gasteiger partial charge in [-0.3, -0.25) is 0 Å². The van der Waals surface area contributed by atoms with Crippen molar-refractivity contribution < 1.29 is 23.5 Å². The summed E-state index contributed by atoms with van der Waals surface area (Å²) < 4.78 is 21.4.